The molecule has 0 N–H and O–H groups in total. The first-order valence-electron chi connectivity index (χ1n) is 17.9. The Balaban J connectivity index is 0.835. The molecule has 2 aromatic carbocycles. The third-order valence-corrected chi connectivity index (χ3v) is 10.7. The Kier molecular flexibility index (Phi) is 12.4. The molecule has 6 rings (SSSR count). The van der Waals surface area contributed by atoms with Gasteiger partial charge in [0, 0.05) is 5.92 Å². The predicted molar refractivity (Wildman–Crippen MR) is 180 cm³/mol. The van der Waals surface area contributed by atoms with Crippen LogP contribution in [0.15, 0.2) is 66.9 Å². The second-order valence-electron chi connectivity index (χ2n) is 14.5. The van der Waals surface area contributed by atoms with E-state index in [1.807, 2.05) is 12.2 Å². The van der Waals surface area contributed by atoms with Gasteiger partial charge in [0.1, 0.15) is 31.7 Å². The fourth-order valence-corrected chi connectivity index (χ4v) is 7.64. The van der Waals surface area contributed by atoms with Gasteiger partial charge in [-0.25, -0.2) is 9.78 Å². The molecule has 2 saturated heterocycles. The minimum Gasteiger partial charge on any atom is -0.372 e. The number of rotatable bonds is 14. The van der Waals surface area contributed by atoms with Crippen molar-refractivity contribution in [3.63, 3.8) is 0 Å². The molecule has 0 spiro atoms. The van der Waals surface area contributed by atoms with Gasteiger partial charge in [-0.05, 0) is 90.5 Å². The third-order valence-electron chi connectivity index (χ3n) is 10.7. The number of hydrogen-bond donors (Lipinski definition) is 0. The van der Waals surface area contributed by atoms with Crippen molar-refractivity contribution in [2.75, 3.05) is 19.8 Å². The van der Waals surface area contributed by atoms with Crippen LogP contribution < -0.4 is 0 Å². The van der Waals surface area contributed by atoms with Crippen LogP contribution in [0.25, 0.3) is 6.08 Å². The molecule has 0 bridgehead atoms. The highest BCUT2D eigenvalue weighted by Gasteiger charge is 2.48. The summed E-state index contributed by atoms with van der Waals surface area (Å²) in [6, 6.07) is 17.7. The molecule has 6 nitrogen and oxygen atoms in total. The Morgan fingerprint density at radius 1 is 0.674 bits per heavy atom. The van der Waals surface area contributed by atoms with Crippen molar-refractivity contribution in [1.82, 2.24) is 0 Å². The van der Waals surface area contributed by atoms with Crippen LogP contribution in [0.3, 0.4) is 0 Å². The van der Waals surface area contributed by atoms with Crippen molar-refractivity contribution in [2.45, 2.75) is 103 Å². The highest BCUT2D eigenvalue weighted by Crippen LogP contribution is 2.34. The van der Waals surface area contributed by atoms with E-state index < -0.39 is 0 Å². The smallest absolute Gasteiger partial charge is 0.145 e. The van der Waals surface area contributed by atoms with Crippen LogP contribution in [0.4, 0.5) is 0 Å². The Hall–Kier alpha value is -2.48. The Morgan fingerprint density at radius 3 is 1.91 bits per heavy atom. The van der Waals surface area contributed by atoms with Gasteiger partial charge in [-0.15, -0.1) is 0 Å². The first kappa shape index (κ1) is 33.4. The summed E-state index contributed by atoms with van der Waals surface area (Å²) in [4.78, 5) is 22.0. The lowest BCUT2D eigenvalue weighted by Gasteiger charge is -2.26. The molecular weight excluding hydrogens is 576 g/mol. The quantitative estimate of drug-likeness (QED) is 0.0900. The van der Waals surface area contributed by atoms with E-state index >= 15 is 0 Å². The molecule has 0 aromatic heterocycles. The van der Waals surface area contributed by atoms with Crippen molar-refractivity contribution >= 4 is 6.08 Å². The minimum absolute atomic E-state index is 0.0776. The average Bonchev–Trinajstić information content (AvgIpc) is 3.67. The second kappa shape index (κ2) is 17.1. The van der Waals surface area contributed by atoms with E-state index in [4.69, 9.17) is 29.0 Å². The maximum Gasteiger partial charge on any atom is 0.145 e. The third kappa shape index (κ3) is 9.77. The van der Waals surface area contributed by atoms with Gasteiger partial charge in [0.05, 0.1) is 19.3 Å². The van der Waals surface area contributed by atoms with Gasteiger partial charge in [-0.1, -0.05) is 100 Å². The second-order valence-corrected chi connectivity index (χ2v) is 14.5. The first-order chi connectivity index (χ1) is 22.6. The first-order valence-corrected chi connectivity index (χ1v) is 17.9. The zero-order valence-electron chi connectivity index (χ0n) is 27.9. The van der Waals surface area contributed by atoms with E-state index in [0.29, 0.717) is 26.4 Å². The summed E-state index contributed by atoms with van der Waals surface area (Å²) in [6.45, 7) is 6.52. The molecule has 2 aromatic rings. The molecule has 6 heteroatoms. The van der Waals surface area contributed by atoms with Crippen molar-refractivity contribution in [3.8, 4) is 0 Å². The Morgan fingerprint density at radius 2 is 1.26 bits per heavy atom. The Bertz CT molecular complexity index is 1220. The summed E-state index contributed by atoms with van der Waals surface area (Å²) in [5.41, 5.74) is 5.13. The van der Waals surface area contributed by atoms with Gasteiger partial charge in [0.25, 0.3) is 0 Å². The standard InChI is InChI=1S/C40H54O6/c1-29-5-9-32(10-6-29)24-34-15-13-31(14-16-34)4-3-22-44-46-38-28-42-39-37(27-41-40(38)39)21-23-43-45-26-36-19-17-35(18-20-36)25-33-11-7-30(2)8-12-33/h3-4,13-21,23,29-30,32-33,37-40H,5-12,22,24-28H2,1-2H3/b4-3+,23-21+/t29?,30?,32?,33?,37?,38-,39+,40+/m0/s1. The summed E-state index contributed by atoms with van der Waals surface area (Å²) in [6.07, 6.45) is 20.5. The fourth-order valence-electron chi connectivity index (χ4n) is 7.64. The minimum atomic E-state index is -0.249. The number of hydrogen-bond acceptors (Lipinski definition) is 6. The van der Waals surface area contributed by atoms with Crippen molar-refractivity contribution in [1.29, 1.82) is 0 Å². The molecule has 2 aliphatic heterocycles. The summed E-state index contributed by atoms with van der Waals surface area (Å²) in [7, 11) is 0. The molecule has 0 radical (unpaired) electrons. The lowest BCUT2D eigenvalue weighted by atomic mass is 9.80. The molecule has 2 aliphatic carbocycles. The van der Waals surface area contributed by atoms with Crippen molar-refractivity contribution < 1.29 is 29.0 Å². The maximum absolute atomic E-state index is 6.00. The summed E-state index contributed by atoms with van der Waals surface area (Å²) in [5.74, 6) is 3.56. The van der Waals surface area contributed by atoms with Gasteiger partial charge in [-0.3, -0.25) is 0 Å². The SMILES string of the molecule is CC1CCC(Cc2ccc(/C=C/COO[C@H]3CO[C@@H]4C(/C=C/OOCc5ccc(CC6CCC(C)CC6)cc5)CO[C@H]34)cc2)CC1. The zero-order valence-corrected chi connectivity index (χ0v) is 27.9. The van der Waals surface area contributed by atoms with Crippen LogP contribution in [0, 0.1) is 29.6 Å². The monoisotopic (exact) mass is 630 g/mol. The molecule has 2 saturated carbocycles. The van der Waals surface area contributed by atoms with E-state index in [1.165, 1.54) is 80.9 Å². The maximum atomic E-state index is 6.00. The van der Waals surface area contributed by atoms with E-state index in [2.05, 4.69) is 68.5 Å². The highest BCUT2D eigenvalue weighted by molar-refractivity contribution is 5.49. The van der Waals surface area contributed by atoms with Gasteiger partial charge >= 0.3 is 0 Å². The highest BCUT2D eigenvalue weighted by atomic mass is 17.2. The molecule has 2 heterocycles. The Labute approximate surface area is 276 Å². The molecule has 1 unspecified atom stereocenters. The van der Waals surface area contributed by atoms with Gasteiger partial charge in [-0.2, -0.15) is 4.89 Å². The van der Waals surface area contributed by atoms with Crippen LogP contribution in [0.5, 0.6) is 0 Å². The van der Waals surface area contributed by atoms with Crippen molar-refractivity contribution in [2.24, 2.45) is 29.6 Å². The molecule has 4 aliphatic rings. The summed E-state index contributed by atoms with van der Waals surface area (Å²) >= 11 is 0. The van der Waals surface area contributed by atoms with Gasteiger partial charge in [0.2, 0.25) is 0 Å². The molecule has 46 heavy (non-hydrogen) atoms. The lowest BCUT2D eigenvalue weighted by Crippen LogP contribution is -2.31. The zero-order chi connectivity index (χ0) is 31.6. The van der Waals surface area contributed by atoms with Crippen LogP contribution in [0.2, 0.25) is 0 Å². The largest absolute Gasteiger partial charge is 0.372 e. The van der Waals surface area contributed by atoms with Crippen LogP contribution in [0.1, 0.15) is 87.5 Å². The van der Waals surface area contributed by atoms with E-state index in [9.17, 15) is 0 Å². The predicted octanol–water partition coefficient (Wildman–Crippen LogP) is 8.83. The lowest BCUT2D eigenvalue weighted by molar-refractivity contribution is -0.326. The van der Waals surface area contributed by atoms with E-state index in [0.717, 1.165) is 29.2 Å². The van der Waals surface area contributed by atoms with E-state index in [-0.39, 0.29) is 24.2 Å². The molecule has 4 fully saturated rings. The van der Waals surface area contributed by atoms with Crippen LogP contribution in [-0.2, 0) is 48.5 Å². The van der Waals surface area contributed by atoms with Crippen LogP contribution in [-0.4, -0.2) is 38.1 Å². The summed E-state index contributed by atoms with van der Waals surface area (Å²) < 4.78 is 12.0. The molecule has 250 valence electrons. The van der Waals surface area contributed by atoms with Gasteiger partial charge in [0.15, 0.2) is 0 Å². The average molecular weight is 631 g/mol. The van der Waals surface area contributed by atoms with Crippen molar-refractivity contribution in [3.05, 3.63) is 89.2 Å². The van der Waals surface area contributed by atoms with Crippen LogP contribution >= 0.6 is 0 Å². The number of ether oxygens (including phenoxy) is 2. The normalized spacial score (nSPS) is 31.5. The molecular formula is C40H54O6. The fraction of sp³-hybridized carbons (Fsp3) is 0.600. The molecule has 0 amide bonds. The topological polar surface area (TPSA) is 55.4 Å². The van der Waals surface area contributed by atoms with E-state index in [1.54, 1.807) is 6.26 Å². The molecule has 4 atom stereocenters. The van der Waals surface area contributed by atoms with Gasteiger partial charge < -0.3 is 14.4 Å². The number of benzene rings is 2. The number of fused-ring (bicyclic) bond motifs is 1. The summed E-state index contributed by atoms with van der Waals surface area (Å²) in [5, 5.41) is 0.